The Kier molecular flexibility index (Phi) is 5.88. The molecule has 1 atom stereocenters. The molecule has 0 heterocycles. The van der Waals surface area contributed by atoms with Gasteiger partial charge in [-0.3, -0.25) is 9.79 Å². The lowest BCUT2D eigenvalue weighted by atomic mass is 9.92. The summed E-state index contributed by atoms with van der Waals surface area (Å²) in [4.78, 5) is 16.3. The molecule has 24 heavy (non-hydrogen) atoms. The summed E-state index contributed by atoms with van der Waals surface area (Å²) in [5, 5.41) is 12.5. The van der Waals surface area contributed by atoms with Gasteiger partial charge in [0.1, 0.15) is 0 Å². The minimum absolute atomic E-state index is 0.527. The number of benzene rings is 2. The second-order valence-corrected chi connectivity index (χ2v) is 13.4. The Morgan fingerprint density at radius 1 is 1.17 bits per heavy atom. The molecule has 0 bridgehead atoms. The molecule has 2 rings (SSSR count). The zero-order valence-corrected chi connectivity index (χ0v) is 16.8. The number of hydrogen-bond acceptors (Lipinski definition) is 3. The zero-order valence-electron chi connectivity index (χ0n) is 15.0. The highest BCUT2D eigenvalue weighted by Crippen LogP contribution is 2.30. The highest BCUT2D eigenvalue weighted by molar-refractivity contribution is 8.13. The van der Waals surface area contributed by atoms with E-state index < -0.39 is 20.0 Å². The predicted octanol–water partition coefficient (Wildman–Crippen LogP) is 5.01. The molecule has 0 spiro atoms. The van der Waals surface area contributed by atoms with Crippen LogP contribution in [0, 0.1) is 0 Å². The van der Waals surface area contributed by atoms with E-state index in [9.17, 15) is 9.90 Å². The molecule has 0 amide bonds. The first-order chi connectivity index (χ1) is 11.2. The Bertz CT molecular complexity index is 781. The normalized spacial score (nSPS) is 14.0. The highest BCUT2D eigenvalue weighted by atomic mass is 32.2. The van der Waals surface area contributed by atoms with Gasteiger partial charge < -0.3 is 5.11 Å². The van der Waals surface area contributed by atoms with Gasteiger partial charge in [0, 0.05) is 11.7 Å². The van der Waals surface area contributed by atoms with Gasteiger partial charge in [-0.25, -0.2) is 0 Å². The molecule has 0 saturated carbocycles. The number of carboxylic acid groups (broad SMARTS) is 1. The number of fused-ring (bicyclic) bond motifs is 1. The molecule has 5 heteroatoms. The fraction of sp³-hybridized carbons (Fsp3) is 0.368. The van der Waals surface area contributed by atoms with Crippen LogP contribution in [-0.2, 0) is 4.79 Å². The van der Waals surface area contributed by atoms with Gasteiger partial charge in [0.2, 0.25) is 0 Å². The molecule has 0 aliphatic heterocycles. The van der Waals surface area contributed by atoms with Crippen LogP contribution in [0.15, 0.2) is 41.4 Å². The molecule has 0 aromatic heterocycles. The van der Waals surface area contributed by atoms with E-state index in [2.05, 4.69) is 25.7 Å². The van der Waals surface area contributed by atoms with E-state index in [1.54, 1.807) is 18.7 Å². The van der Waals surface area contributed by atoms with Crippen molar-refractivity contribution in [3.05, 3.63) is 47.5 Å². The number of rotatable bonds is 5. The van der Waals surface area contributed by atoms with E-state index in [-0.39, 0.29) is 0 Å². The molecule has 0 radical (unpaired) electrons. The minimum atomic E-state index is -1.26. The number of hydrogen-bond donors (Lipinski definition) is 1. The van der Waals surface area contributed by atoms with Crippen molar-refractivity contribution in [3.8, 4) is 0 Å². The molecule has 2 aromatic rings. The second-order valence-electron chi connectivity index (χ2n) is 7.19. The summed E-state index contributed by atoms with van der Waals surface area (Å²) in [6, 6.07) is 12.0. The van der Waals surface area contributed by atoms with E-state index in [0.717, 1.165) is 33.1 Å². The van der Waals surface area contributed by atoms with Crippen LogP contribution in [0.3, 0.4) is 0 Å². The van der Waals surface area contributed by atoms with E-state index >= 15 is 0 Å². The lowest BCUT2D eigenvalue weighted by Crippen LogP contribution is -2.25. The van der Waals surface area contributed by atoms with Crippen molar-refractivity contribution >= 4 is 41.6 Å². The van der Waals surface area contributed by atoms with Crippen LogP contribution in [0.2, 0.25) is 19.6 Å². The lowest BCUT2D eigenvalue weighted by Gasteiger charge is -2.16. The van der Waals surface area contributed by atoms with E-state index in [0.29, 0.717) is 0 Å². The number of thioether (sulfide) groups is 1. The fourth-order valence-electron chi connectivity index (χ4n) is 2.59. The van der Waals surface area contributed by atoms with Gasteiger partial charge in [0.05, 0.1) is 19.0 Å². The average Bonchev–Trinajstić information content (AvgIpc) is 2.53. The number of carboxylic acids is 1. The first-order valence-corrected chi connectivity index (χ1v) is 13.0. The van der Waals surface area contributed by atoms with Crippen molar-refractivity contribution in [1.29, 1.82) is 0 Å². The first kappa shape index (κ1) is 18.7. The van der Waals surface area contributed by atoms with Crippen LogP contribution < -0.4 is 0 Å². The minimum Gasteiger partial charge on any atom is -0.481 e. The highest BCUT2D eigenvalue weighted by Gasteiger charge is 2.19. The van der Waals surface area contributed by atoms with Gasteiger partial charge in [-0.1, -0.05) is 56.0 Å². The summed E-state index contributed by atoms with van der Waals surface area (Å²) < 4.78 is 0. The number of nitrogens with zero attached hydrogens (tertiary/aromatic N) is 1. The number of aliphatic imine (C=N–C) groups is 1. The second kappa shape index (κ2) is 7.53. The van der Waals surface area contributed by atoms with Crippen molar-refractivity contribution in [2.24, 2.45) is 4.99 Å². The van der Waals surface area contributed by atoms with Crippen LogP contribution in [0.5, 0.6) is 0 Å². The molecule has 0 fully saturated rings. The summed E-state index contributed by atoms with van der Waals surface area (Å²) in [6.07, 6.45) is 2.94. The molecule has 1 N–H and O–H groups in total. The SMILES string of the molecule is CSC(=NC[Si](C)(C)C)c1ccc(C(C)C(=O)O)c2ccccc12. The van der Waals surface area contributed by atoms with Crippen LogP contribution in [0.25, 0.3) is 10.8 Å². The largest absolute Gasteiger partial charge is 0.481 e. The topological polar surface area (TPSA) is 49.7 Å². The molecule has 0 saturated heterocycles. The Hall–Kier alpha value is -1.59. The van der Waals surface area contributed by atoms with Crippen molar-refractivity contribution < 1.29 is 9.90 Å². The molecule has 0 aliphatic rings. The lowest BCUT2D eigenvalue weighted by molar-refractivity contribution is -0.138. The third kappa shape index (κ3) is 4.27. The van der Waals surface area contributed by atoms with Crippen molar-refractivity contribution in [2.45, 2.75) is 32.5 Å². The molecular formula is C19H25NO2SSi. The quantitative estimate of drug-likeness (QED) is 0.463. The third-order valence-electron chi connectivity index (χ3n) is 3.92. The number of aliphatic carboxylic acids is 1. The van der Waals surface area contributed by atoms with E-state index in [4.69, 9.17) is 4.99 Å². The monoisotopic (exact) mass is 359 g/mol. The first-order valence-electron chi connectivity index (χ1n) is 8.08. The summed E-state index contributed by atoms with van der Waals surface area (Å²) in [5.74, 6) is -1.33. The maximum atomic E-state index is 11.4. The predicted molar refractivity (Wildman–Crippen MR) is 108 cm³/mol. The van der Waals surface area contributed by atoms with Gasteiger partial charge in [-0.15, -0.1) is 11.8 Å². The van der Waals surface area contributed by atoms with Gasteiger partial charge in [-0.05, 0) is 29.5 Å². The molecular weight excluding hydrogens is 334 g/mol. The molecule has 0 aliphatic carbocycles. The molecule has 128 valence electrons. The maximum absolute atomic E-state index is 11.4. The van der Waals surface area contributed by atoms with Crippen LogP contribution >= 0.6 is 11.8 Å². The van der Waals surface area contributed by atoms with Crippen molar-refractivity contribution in [2.75, 3.05) is 12.4 Å². The maximum Gasteiger partial charge on any atom is 0.310 e. The Morgan fingerprint density at radius 2 is 1.79 bits per heavy atom. The fourth-order valence-corrected chi connectivity index (χ4v) is 3.93. The van der Waals surface area contributed by atoms with Gasteiger partial charge >= 0.3 is 5.97 Å². The van der Waals surface area contributed by atoms with Crippen molar-refractivity contribution in [1.82, 2.24) is 0 Å². The summed E-state index contributed by atoms with van der Waals surface area (Å²) in [5.41, 5.74) is 1.95. The van der Waals surface area contributed by atoms with Gasteiger partial charge in [0.15, 0.2) is 0 Å². The standard InChI is InChI=1S/C19H25NO2SSi/c1-13(19(21)22)14-10-11-17(16-9-7-6-8-15(14)16)18(23-2)20-12-24(3,4)5/h6-11,13H,12H2,1-5H3,(H,21,22). The Morgan fingerprint density at radius 3 is 2.33 bits per heavy atom. The summed E-state index contributed by atoms with van der Waals surface area (Å²) >= 11 is 1.66. The van der Waals surface area contributed by atoms with Gasteiger partial charge in [-0.2, -0.15) is 0 Å². The summed E-state index contributed by atoms with van der Waals surface area (Å²) in [6.45, 7) is 8.66. The third-order valence-corrected chi connectivity index (χ3v) is 5.76. The Labute approximate surface area is 149 Å². The summed E-state index contributed by atoms with van der Waals surface area (Å²) in [7, 11) is -1.26. The van der Waals surface area contributed by atoms with Crippen molar-refractivity contribution in [3.63, 3.8) is 0 Å². The average molecular weight is 360 g/mol. The van der Waals surface area contributed by atoms with Crippen LogP contribution in [0.4, 0.5) is 0 Å². The van der Waals surface area contributed by atoms with E-state index in [1.165, 1.54) is 0 Å². The Balaban J connectivity index is 2.60. The van der Waals surface area contributed by atoms with Crippen LogP contribution in [-0.4, -0.2) is 36.6 Å². The van der Waals surface area contributed by atoms with Crippen LogP contribution in [0.1, 0.15) is 24.0 Å². The van der Waals surface area contributed by atoms with E-state index in [1.807, 2.05) is 36.6 Å². The molecule has 2 aromatic carbocycles. The smallest absolute Gasteiger partial charge is 0.310 e. The van der Waals surface area contributed by atoms with Gasteiger partial charge in [0.25, 0.3) is 0 Å². The zero-order chi connectivity index (χ0) is 17.9. The number of carbonyl (C=O) groups is 1. The molecule has 3 nitrogen and oxygen atoms in total. The molecule has 1 unspecified atom stereocenters.